The van der Waals surface area contributed by atoms with Crippen molar-refractivity contribution in [3.8, 4) is 0 Å². The molecule has 4 nitrogen and oxygen atoms in total. The first-order valence-corrected chi connectivity index (χ1v) is 7.44. The summed E-state index contributed by atoms with van der Waals surface area (Å²) in [4.78, 5) is 0. The number of nitrogens with one attached hydrogen (secondary N) is 2. The van der Waals surface area contributed by atoms with Crippen molar-refractivity contribution in [1.82, 2.24) is 5.32 Å². The monoisotopic (exact) mass is 311 g/mol. The van der Waals surface area contributed by atoms with Crippen LogP contribution in [0, 0.1) is 0 Å². The fourth-order valence-electron chi connectivity index (χ4n) is 2.22. The highest BCUT2D eigenvalue weighted by molar-refractivity contribution is 7.80. The minimum atomic E-state index is -0.0267. The van der Waals surface area contributed by atoms with Crippen molar-refractivity contribution in [3.63, 3.8) is 0 Å². The van der Waals surface area contributed by atoms with Gasteiger partial charge in [-0.25, -0.2) is 0 Å². The van der Waals surface area contributed by atoms with Crippen molar-refractivity contribution in [1.29, 1.82) is 0 Å². The molecule has 1 unspecified atom stereocenters. The summed E-state index contributed by atoms with van der Waals surface area (Å²) in [5.74, 6) is 0.850. The molecule has 0 radical (unpaired) electrons. The lowest BCUT2D eigenvalue weighted by molar-refractivity contribution is 0.493. The van der Waals surface area contributed by atoms with E-state index in [0.717, 1.165) is 28.1 Å². The Balaban J connectivity index is 1.66. The minimum Gasteiger partial charge on any atom is -0.459 e. The molecule has 0 fully saturated rings. The van der Waals surface area contributed by atoms with Gasteiger partial charge in [-0.05, 0) is 55.5 Å². The maximum absolute atomic E-state index is 5.83. The molecule has 112 valence electrons. The molecule has 1 heterocycles. The first kappa shape index (κ1) is 14.4. The van der Waals surface area contributed by atoms with Gasteiger partial charge in [0.25, 0.3) is 0 Å². The molecular formula is C17H17N3OS. The van der Waals surface area contributed by atoms with Gasteiger partial charge in [-0.2, -0.15) is 0 Å². The van der Waals surface area contributed by atoms with Crippen molar-refractivity contribution in [3.05, 3.63) is 60.4 Å². The number of anilines is 2. The largest absolute Gasteiger partial charge is 0.459 e. The Morgan fingerprint density at radius 1 is 1.14 bits per heavy atom. The third kappa shape index (κ3) is 3.20. The molecule has 0 bridgehead atoms. The highest BCUT2D eigenvalue weighted by Crippen LogP contribution is 2.23. The van der Waals surface area contributed by atoms with Crippen LogP contribution in [0.25, 0.3) is 11.0 Å². The van der Waals surface area contributed by atoms with Gasteiger partial charge in [0.1, 0.15) is 11.3 Å². The first-order valence-electron chi connectivity index (χ1n) is 7.03. The van der Waals surface area contributed by atoms with E-state index >= 15 is 0 Å². The van der Waals surface area contributed by atoms with E-state index < -0.39 is 0 Å². The zero-order chi connectivity index (χ0) is 15.5. The SMILES string of the molecule is CC(NC(=S)Nc1ccc(N)cc1)c1cc2ccccc2o1. The quantitative estimate of drug-likeness (QED) is 0.503. The summed E-state index contributed by atoms with van der Waals surface area (Å²) in [5, 5.41) is 7.97. The molecule has 5 heteroatoms. The second kappa shape index (κ2) is 6.07. The Morgan fingerprint density at radius 2 is 1.86 bits per heavy atom. The highest BCUT2D eigenvalue weighted by Gasteiger charge is 2.12. The average Bonchev–Trinajstić information content (AvgIpc) is 2.93. The van der Waals surface area contributed by atoms with E-state index in [4.69, 9.17) is 22.4 Å². The fourth-order valence-corrected chi connectivity index (χ4v) is 2.51. The van der Waals surface area contributed by atoms with Gasteiger partial charge in [-0.15, -0.1) is 0 Å². The van der Waals surface area contributed by atoms with Crippen LogP contribution < -0.4 is 16.4 Å². The average molecular weight is 311 g/mol. The van der Waals surface area contributed by atoms with Crippen LogP contribution in [0.1, 0.15) is 18.7 Å². The van der Waals surface area contributed by atoms with Crippen LogP contribution in [0.15, 0.2) is 59.0 Å². The van der Waals surface area contributed by atoms with Crippen LogP contribution in [0.2, 0.25) is 0 Å². The van der Waals surface area contributed by atoms with E-state index in [1.54, 1.807) is 0 Å². The lowest BCUT2D eigenvalue weighted by atomic mass is 10.2. The van der Waals surface area contributed by atoms with Gasteiger partial charge in [0, 0.05) is 16.8 Å². The second-order valence-corrected chi connectivity index (χ2v) is 5.54. The summed E-state index contributed by atoms with van der Waals surface area (Å²) in [5.41, 5.74) is 8.16. The molecule has 0 aliphatic heterocycles. The van der Waals surface area contributed by atoms with Crippen molar-refractivity contribution in [2.45, 2.75) is 13.0 Å². The van der Waals surface area contributed by atoms with E-state index in [1.807, 2.05) is 61.5 Å². The van der Waals surface area contributed by atoms with Gasteiger partial charge in [0.05, 0.1) is 6.04 Å². The molecule has 0 aliphatic carbocycles. The highest BCUT2D eigenvalue weighted by atomic mass is 32.1. The maximum Gasteiger partial charge on any atom is 0.171 e. The zero-order valence-electron chi connectivity index (χ0n) is 12.2. The molecule has 0 aliphatic rings. The third-order valence-corrected chi connectivity index (χ3v) is 3.61. The summed E-state index contributed by atoms with van der Waals surface area (Å²) in [6.45, 7) is 2.01. The Bertz CT molecular complexity index is 762. The standard InChI is InChI=1S/C17H17N3OS/c1-11(16-10-12-4-2-3-5-15(12)21-16)19-17(22)20-14-8-6-13(18)7-9-14/h2-11H,18H2,1H3,(H2,19,20,22). The van der Waals surface area contributed by atoms with E-state index in [1.165, 1.54) is 0 Å². The lowest BCUT2D eigenvalue weighted by Gasteiger charge is -2.15. The van der Waals surface area contributed by atoms with Gasteiger partial charge in [0.15, 0.2) is 5.11 Å². The van der Waals surface area contributed by atoms with Crippen molar-refractivity contribution >= 4 is 39.7 Å². The Hall–Kier alpha value is -2.53. The lowest BCUT2D eigenvalue weighted by Crippen LogP contribution is -2.30. The zero-order valence-corrected chi connectivity index (χ0v) is 13.0. The molecule has 1 atom stereocenters. The normalized spacial score (nSPS) is 12.0. The van der Waals surface area contributed by atoms with E-state index in [0.29, 0.717) is 5.11 Å². The molecule has 0 saturated carbocycles. The number of para-hydroxylation sites is 1. The van der Waals surface area contributed by atoms with Crippen molar-refractivity contribution in [2.24, 2.45) is 0 Å². The molecule has 0 amide bonds. The van der Waals surface area contributed by atoms with Crippen LogP contribution in [0.5, 0.6) is 0 Å². The number of nitrogen functional groups attached to an aromatic ring is 1. The van der Waals surface area contributed by atoms with Crippen molar-refractivity contribution < 1.29 is 4.42 Å². The van der Waals surface area contributed by atoms with Gasteiger partial charge >= 0.3 is 0 Å². The van der Waals surface area contributed by atoms with Crippen LogP contribution in [0.4, 0.5) is 11.4 Å². The smallest absolute Gasteiger partial charge is 0.171 e. The van der Waals surface area contributed by atoms with Crippen LogP contribution >= 0.6 is 12.2 Å². The minimum absolute atomic E-state index is 0.0267. The Labute approximate surface area is 134 Å². The van der Waals surface area contributed by atoms with E-state index in [2.05, 4.69) is 10.6 Å². The fraction of sp³-hybridized carbons (Fsp3) is 0.118. The number of hydrogen-bond donors (Lipinski definition) is 3. The van der Waals surface area contributed by atoms with Gasteiger partial charge < -0.3 is 20.8 Å². The predicted octanol–water partition coefficient (Wildman–Crippen LogP) is 4.06. The summed E-state index contributed by atoms with van der Waals surface area (Å²) >= 11 is 5.33. The van der Waals surface area contributed by atoms with Crippen LogP contribution in [-0.4, -0.2) is 5.11 Å². The summed E-state index contributed by atoms with van der Waals surface area (Å²) in [6.07, 6.45) is 0. The Kier molecular flexibility index (Phi) is 3.98. The van der Waals surface area contributed by atoms with Gasteiger partial charge in [-0.3, -0.25) is 0 Å². The number of hydrogen-bond acceptors (Lipinski definition) is 3. The number of fused-ring (bicyclic) bond motifs is 1. The van der Waals surface area contributed by atoms with Gasteiger partial charge in [0.2, 0.25) is 0 Å². The first-order chi connectivity index (χ1) is 10.6. The van der Waals surface area contributed by atoms with Crippen LogP contribution in [0.3, 0.4) is 0 Å². The molecule has 1 aromatic heterocycles. The number of thiocarbonyl (C=S) groups is 1. The summed E-state index contributed by atoms with van der Waals surface area (Å²) in [6, 6.07) is 17.4. The molecule has 3 rings (SSSR count). The third-order valence-electron chi connectivity index (χ3n) is 3.39. The maximum atomic E-state index is 5.83. The molecule has 0 saturated heterocycles. The predicted molar refractivity (Wildman–Crippen MR) is 94.8 cm³/mol. The molecule has 2 aromatic carbocycles. The van der Waals surface area contributed by atoms with Crippen LogP contribution in [-0.2, 0) is 0 Å². The second-order valence-electron chi connectivity index (χ2n) is 5.13. The number of furan rings is 1. The summed E-state index contributed by atoms with van der Waals surface area (Å²) in [7, 11) is 0. The van der Waals surface area contributed by atoms with E-state index in [-0.39, 0.29) is 6.04 Å². The number of rotatable bonds is 3. The molecular weight excluding hydrogens is 294 g/mol. The van der Waals surface area contributed by atoms with E-state index in [9.17, 15) is 0 Å². The molecule has 22 heavy (non-hydrogen) atoms. The number of nitrogens with two attached hydrogens (primary N) is 1. The molecule has 0 spiro atoms. The molecule has 3 aromatic rings. The summed E-state index contributed by atoms with van der Waals surface area (Å²) < 4.78 is 5.83. The van der Waals surface area contributed by atoms with Crippen molar-refractivity contribution in [2.75, 3.05) is 11.1 Å². The number of benzene rings is 2. The Morgan fingerprint density at radius 3 is 2.59 bits per heavy atom. The topological polar surface area (TPSA) is 63.2 Å². The molecule has 4 N–H and O–H groups in total. The van der Waals surface area contributed by atoms with Gasteiger partial charge in [-0.1, -0.05) is 18.2 Å².